The van der Waals surface area contributed by atoms with Crippen molar-refractivity contribution >= 4 is 28.7 Å². The van der Waals surface area contributed by atoms with Gasteiger partial charge in [-0.15, -0.1) is 0 Å². The van der Waals surface area contributed by atoms with E-state index in [1.54, 1.807) is 7.11 Å². The highest BCUT2D eigenvalue weighted by atomic mass is 32.1. The molecule has 0 heterocycles. The van der Waals surface area contributed by atoms with Gasteiger partial charge in [-0.2, -0.15) is 0 Å². The van der Waals surface area contributed by atoms with Crippen molar-refractivity contribution in [3.63, 3.8) is 0 Å². The number of fused-ring (bicyclic) bond motifs is 3. The molecule has 0 radical (unpaired) electrons. The standard InChI is InChI=1S/C23H22N2OS/c1-3-18-19-6-4-5-7-20(19)22-14-16(10-13-21(18)22)25-23(27)24-15-8-11-17(26-2)12-9-15/h4-14,18H,3H2,1-2H3,(H2,24,25,27). The lowest BCUT2D eigenvalue weighted by molar-refractivity contribution is 0.415. The maximum atomic E-state index is 5.48. The molecule has 1 unspecified atom stereocenters. The van der Waals surface area contributed by atoms with Gasteiger partial charge in [-0.3, -0.25) is 0 Å². The molecule has 0 saturated carbocycles. The highest BCUT2D eigenvalue weighted by Gasteiger charge is 2.27. The van der Waals surface area contributed by atoms with Crippen molar-refractivity contribution < 1.29 is 4.74 Å². The summed E-state index contributed by atoms with van der Waals surface area (Å²) in [4.78, 5) is 0. The first-order valence-electron chi connectivity index (χ1n) is 9.15. The van der Waals surface area contributed by atoms with E-state index in [0.717, 1.165) is 23.5 Å². The van der Waals surface area contributed by atoms with Crippen LogP contribution in [0.3, 0.4) is 0 Å². The number of rotatable bonds is 4. The molecule has 4 heteroatoms. The zero-order valence-electron chi connectivity index (χ0n) is 15.5. The van der Waals surface area contributed by atoms with E-state index in [-0.39, 0.29) is 0 Å². The van der Waals surface area contributed by atoms with Gasteiger partial charge in [-0.1, -0.05) is 37.3 Å². The van der Waals surface area contributed by atoms with Gasteiger partial charge in [0.1, 0.15) is 5.75 Å². The number of benzene rings is 3. The zero-order chi connectivity index (χ0) is 18.8. The van der Waals surface area contributed by atoms with Crippen molar-refractivity contribution in [2.75, 3.05) is 17.7 Å². The van der Waals surface area contributed by atoms with E-state index in [9.17, 15) is 0 Å². The molecule has 0 saturated heterocycles. The second-order valence-electron chi connectivity index (χ2n) is 6.66. The summed E-state index contributed by atoms with van der Waals surface area (Å²) >= 11 is 5.48. The number of nitrogens with one attached hydrogen (secondary N) is 2. The van der Waals surface area contributed by atoms with Crippen molar-refractivity contribution in [2.45, 2.75) is 19.3 Å². The first-order valence-corrected chi connectivity index (χ1v) is 9.55. The molecule has 27 heavy (non-hydrogen) atoms. The summed E-state index contributed by atoms with van der Waals surface area (Å²) in [5.74, 6) is 1.30. The molecule has 0 fully saturated rings. The minimum absolute atomic E-state index is 0.481. The van der Waals surface area contributed by atoms with E-state index in [2.05, 4.69) is 60.0 Å². The quantitative estimate of drug-likeness (QED) is 0.547. The summed E-state index contributed by atoms with van der Waals surface area (Å²) < 4.78 is 5.18. The lowest BCUT2D eigenvalue weighted by Crippen LogP contribution is -2.19. The molecule has 0 amide bonds. The van der Waals surface area contributed by atoms with Crippen LogP contribution in [0.25, 0.3) is 11.1 Å². The molecule has 0 aromatic heterocycles. The van der Waals surface area contributed by atoms with Gasteiger partial charge in [0, 0.05) is 17.3 Å². The average Bonchev–Trinajstić information content (AvgIpc) is 3.01. The fraction of sp³-hybridized carbons (Fsp3) is 0.174. The van der Waals surface area contributed by atoms with Crippen LogP contribution in [0.5, 0.6) is 5.75 Å². The van der Waals surface area contributed by atoms with Crippen molar-refractivity contribution in [1.29, 1.82) is 0 Å². The minimum Gasteiger partial charge on any atom is -0.497 e. The second-order valence-corrected chi connectivity index (χ2v) is 7.07. The number of anilines is 2. The molecule has 3 nitrogen and oxygen atoms in total. The highest BCUT2D eigenvalue weighted by Crippen LogP contribution is 2.46. The molecule has 1 aliphatic carbocycles. The summed E-state index contributed by atoms with van der Waals surface area (Å²) in [5.41, 5.74) is 7.37. The first-order chi connectivity index (χ1) is 13.2. The number of hydrogen-bond donors (Lipinski definition) is 2. The maximum Gasteiger partial charge on any atom is 0.175 e. The van der Waals surface area contributed by atoms with Gasteiger partial charge in [0.05, 0.1) is 7.11 Å². The van der Waals surface area contributed by atoms with E-state index in [0.29, 0.717) is 11.0 Å². The van der Waals surface area contributed by atoms with Crippen LogP contribution in [0.15, 0.2) is 66.7 Å². The normalized spacial score (nSPS) is 14.2. The third kappa shape index (κ3) is 3.40. The predicted octanol–water partition coefficient (Wildman–Crippen LogP) is 6.03. The Kier molecular flexibility index (Phi) is 4.82. The highest BCUT2D eigenvalue weighted by molar-refractivity contribution is 7.80. The van der Waals surface area contributed by atoms with Crippen molar-refractivity contribution in [2.24, 2.45) is 0 Å². The molecule has 1 atom stereocenters. The Labute approximate surface area is 165 Å². The molecule has 0 aliphatic heterocycles. The van der Waals surface area contributed by atoms with E-state index in [1.165, 1.54) is 22.3 Å². The average molecular weight is 375 g/mol. The van der Waals surface area contributed by atoms with Crippen LogP contribution in [-0.4, -0.2) is 12.2 Å². The number of ether oxygens (including phenoxy) is 1. The summed E-state index contributed by atoms with van der Waals surface area (Å²) in [6.07, 6.45) is 1.11. The van der Waals surface area contributed by atoms with Crippen LogP contribution in [0, 0.1) is 0 Å². The van der Waals surface area contributed by atoms with Crippen LogP contribution in [0.2, 0.25) is 0 Å². The fourth-order valence-corrected chi connectivity index (χ4v) is 4.03. The molecule has 3 aromatic rings. The van der Waals surface area contributed by atoms with E-state index in [1.807, 2.05) is 24.3 Å². The maximum absolute atomic E-state index is 5.48. The van der Waals surface area contributed by atoms with E-state index in [4.69, 9.17) is 17.0 Å². The van der Waals surface area contributed by atoms with Crippen LogP contribution < -0.4 is 15.4 Å². The molecule has 0 spiro atoms. The Morgan fingerprint density at radius 1 is 0.889 bits per heavy atom. The van der Waals surface area contributed by atoms with E-state index >= 15 is 0 Å². The Morgan fingerprint density at radius 2 is 1.56 bits per heavy atom. The van der Waals surface area contributed by atoms with Crippen LogP contribution >= 0.6 is 12.2 Å². The Bertz CT molecular complexity index is 982. The third-order valence-corrected chi connectivity index (χ3v) is 5.27. The molecule has 3 aromatic carbocycles. The van der Waals surface area contributed by atoms with Crippen LogP contribution in [0.4, 0.5) is 11.4 Å². The summed E-state index contributed by atoms with van der Waals surface area (Å²) in [7, 11) is 1.66. The topological polar surface area (TPSA) is 33.3 Å². The molecule has 2 N–H and O–H groups in total. The predicted molar refractivity (Wildman–Crippen MR) is 117 cm³/mol. The molecule has 0 bridgehead atoms. The van der Waals surface area contributed by atoms with Gasteiger partial charge in [-0.25, -0.2) is 0 Å². The second kappa shape index (κ2) is 7.41. The van der Waals surface area contributed by atoms with E-state index < -0.39 is 0 Å². The van der Waals surface area contributed by atoms with Crippen molar-refractivity contribution in [1.82, 2.24) is 0 Å². The Balaban J connectivity index is 1.54. The molecule has 4 rings (SSSR count). The number of hydrogen-bond acceptors (Lipinski definition) is 2. The van der Waals surface area contributed by atoms with Gasteiger partial charge in [0.15, 0.2) is 5.11 Å². The monoisotopic (exact) mass is 374 g/mol. The Morgan fingerprint density at radius 3 is 2.30 bits per heavy atom. The van der Waals surface area contributed by atoms with Gasteiger partial charge in [-0.05, 0) is 77.3 Å². The van der Waals surface area contributed by atoms with Gasteiger partial charge in [0.25, 0.3) is 0 Å². The largest absolute Gasteiger partial charge is 0.497 e. The fourth-order valence-electron chi connectivity index (χ4n) is 3.79. The SMILES string of the molecule is CCC1c2ccccc2-c2cc(NC(=S)Nc3ccc(OC)cc3)ccc21. The number of methoxy groups -OCH3 is 1. The first kappa shape index (κ1) is 17.6. The Hall–Kier alpha value is -2.85. The molecule has 136 valence electrons. The van der Waals surface area contributed by atoms with Crippen molar-refractivity contribution in [3.8, 4) is 16.9 Å². The minimum atomic E-state index is 0.481. The van der Waals surface area contributed by atoms with Gasteiger partial charge >= 0.3 is 0 Å². The van der Waals surface area contributed by atoms with Crippen LogP contribution in [0.1, 0.15) is 30.4 Å². The van der Waals surface area contributed by atoms with Gasteiger partial charge < -0.3 is 15.4 Å². The summed E-state index contributed by atoms with van der Waals surface area (Å²) in [5, 5.41) is 7.08. The van der Waals surface area contributed by atoms with Crippen LogP contribution in [-0.2, 0) is 0 Å². The summed E-state index contributed by atoms with van der Waals surface area (Å²) in [6.45, 7) is 2.25. The number of thiocarbonyl (C=S) groups is 1. The molecular formula is C23H22N2OS. The zero-order valence-corrected chi connectivity index (χ0v) is 16.3. The lowest BCUT2D eigenvalue weighted by atomic mass is 9.94. The molecular weight excluding hydrogens is 352 g/mol. The smallest absolute Gasteiger partial charge is 0.175 e. The van der Waals surface area contributed by atoms with Crippen molar-refractivity contribution in [3.05, 3.63) is 77.9 Å². The van der Waals surface area contributed by atoms with Gasteiger partial charge in [0.2, 0.25) is 0 Å². The lowest BCUT2D eigenvalue weighted by Gasteiger charge is -2.13. The molecule has 1 aliphatic rings. The third-order valence-electron chi connectivity index (χ3n) is 5.07. The summed E-state index contributed by atoms with van der Waals surface area (Å²) in [6, 6.07) is 22.9.